The molecule has 5 aliphatic rings. The fraction of sp³-hybridized carbons (Fsp3) is 0.500. The molecule has 1 aromatic carbocycles. The zero-order chi connectivity index (χ0) is 19.7. The minimum Gasteiger partial charge on any atom is -0.325 e. The van der Waals surface area contributed by atoms with Crippen molar-refractivity contribution in [1.82, 2.24) is 15.5 Å². The molecule has 3 saturated carbocycles. The topological polar surface area (TPSA) is 122 Å². The molecule has 3 aliphatic carbocycles. The van der Waals surface area contributed by atoms with Crippen LogP contribution in [0.25, 0.3) is 0 Å². The molecule has 0 aromatic heterocycles. The van der Waals surface area contributed by atoms with E-state index in [1.165, 1.54) is 0 Å². The third kappa shape index (κ3) is 2.44. The van der Waals surface area contributed by atoms with Crippen molar-refractivity contribution in [3.63, 3.8) is 0 Å². The summed E-state index contributed by atoms with van der Waals surface area (Å²) < 4.78 is 0. The highest BCUT2D eigenvalue weighted by Crippen LogP contribution is 2.53. The zero-order valence-corrected chi connectivity index (χ0v) is 15.4. The van der Waals surface area contributed by atoms with Gasteiger partial charge >= 0.3 is 0 Å². The quantitative estimate of drug-likeness (QED) is 0.640. The van der Waals surface area contributed by atoms with Crippen LogP contribution in [0, 0.1) is 0 Å². The van der Waals surface area contributed by atoms with Crippen LogP contribution in [0.15, 0.2) is 18.2 Å². The zero-order valence-electron chi connectivity index (χ0n) is 15.4. The molecule has 8 heteroatoms. The third-order valence-electron chi connectivity index (χ3n) is 6.69. The van der Waals surface area contributed by atoms with Gasteiger partial charge in [0.1, 0.15) is 6.04 Å². The summed E-state index contributed by atoms with van der Waals surface area (Å²) in [7, 11) is 0. The second-order valence-corrected chi connectivity index (χ2v) is 8.64. The lowest BCUT2D eigenvalue weighted by Crippen LogP contribution is -2.60. The first-order valence-corrected chi connectivity index (χ1v) is 9.68. The van der Waals surface area contributed by atoms with Crippen LogP contribution in [0.4, 0.5) is 0 Å². The van der Waals surface area contributed by atoms with Crippen molar-refractivity contribution in [2.75, 3.05) is 0 Å². The smallest absolute Gasteiger partial charge is 0.262 e. The summed E-state index contributed by atoms with van der Waals surface area (Å²) in [4.78, 5) is 50.6. The normalized spacial score (nSPS) is 33.8. The van der Waals surface area contributed by atoms with Gasteiger partial charge in [0.15, 0.2) is 0 Å². The molecule has 4 N–H and O–H groups in total. The van der Waals surface area contributed by atoms with Crippen molar-refractivity contribution in [1.29, 1.82) is 0 Å². The number of nitrogens with one attached hydrogen (secondary N) is 2. The fourth-order valence-electron chi connectivity index (χ4n) is 5.37. The Hall–Kier alpha value is -2.58. The Morgan fingerprint density at radius 1 is 1.14 bits per heavy atom. The molecule has 2 aliphatic heterocycles. The Morgan fingerprint density at radius 2 is 1.93 bits per heavy atom. The number of carbonyl (C=O) groups excluding carboxylic acids is 4. The van der Waals surface area contributed by atoms with E-state index < -0.39 is 23.8 Å². The Bertz CT molecular complexity index is 934. The lowest BCUT2D eigenvalue weighted by molar-refractivity contribution is -0.136. The standard InChI is InChI=1S/C20H22N4O4/c21-19-6-7-20(9-19,10-19)22-8-11-2-1-3-12-15(11)18(28)24(17(12)27)13-4-5-14(25)23-16(13)26/h1-3,13,22H,4-10,21H2,(H,23,25,26). The molecule has 4 amide bonds. The molecule has 0 radical (unpaired) electrons. The molecule has 28 heavy (non-hydrogen) atoms. The molecule has 1 aromatic rings. The number of nitrogens with two attached hydrogens (primary N) is 1. The number of nitrogens with zero attached hydrogens (tertiary/aromatic N) is 1. The van der Waals surface area contributed by atoms with Crippen molar-refractivity contribution < 1.29 is 19.2 Å². The predicted octanol–water partition coefficient (Wildman–Crippen LogP) is 0.201. The molecule has 2 heterocycles. The first kappa shape index (κ1) is 17.5. The maximum atomic E-state index is 13.1. The van der Waals surface area contributed by atoms with Crippen molar-refractivity contribution in [3.05, 3.63) is 34.9 Å². The number of piperidine rings is 1. The SMILES string of the molecule is NC12CCC(NCc3cccc4c3C(=O)N(C3CCC(=O)NC3=O)C4=O)(C1)C2. The summed E-state index contributed by atoms with van der Waals surface area (Å²) in [5.74, 6) is -1.91. The Morgan fingerprint density at radius 3 is 2.61 bits per heavy atom. The van der Waals surface area contributed by atoms with E-state index in [1.807, 2.05) is 6.07 Å². The minimum absolute atomic E-state index is 0.0342. The van der Waals surface area contributed by atoms with E-state index in [4.69, 9.17) is 5.73 Å². The van der Waals surface area contributed by atoms with Gasteiger partial charge < -0.3 is 11.1 Å². The second kappa shape index (κ2) is 5.71. The average molecular weight is 382 g/mol. The van der Waals surface area contributed by atoms with Crippen LogP contribution in [0.5, 0.6) is 0 Å². The van der Waals surface area contributed by atoms with Crippen molar-refractivity contribution >= 4 is 23.6 Å². The summed E-state index contributed by atoms with van der Waals surface area (Å²) >= 11 is 0. The molecular weight excluding hydrogens is 360 g/mol. The van der Waals surface area contributed by atoms with Crippen molar-refractivity contribution in [3.8, 4) is 0 Å². The highest BCUT2D eigenvalue weighted by molar-refractivity contribution is 6.24. The van der Waals surface area contributed by atoms with Crippen LogP contribution in [0.1, 0.15) is 64.8 Å². The van der Waals surface area contributed by atoms with Gasteiger partial charge in [-0.15, -0.1) is 0 Å². The van der Waals surface area contributed by atoms with E-state index in [9.17, 15) is 19.2 Å². The van der Waals surface area contributed by atoms with Crippen LogP contribution in [-0.4, -0.2) is 45.6 Å². The van der Waals surface area contributed by atoms with E-state index >= 15 is 0 Å². The monoisotopic (exact) mass is 382 g/mol. The second-order valence-electron chi connectivity index (χ2n) is 8.64. The van der Waals surface area contributed by atoms with Crippen LogP contribution in [-0.2, 0) is 16.1 Å². The van der Waals surface area contributed by atoms with E-state index in [-0.39, 0.29) is 29.8 Å². The van der Waals surface area contributed by atoms with Gasteiger partial charge in [0.2, 0.25) is 11.8 Å². The molecule has 2 bridgehead atoms. The Kier molecular flexibility index (Phi) is 3.57. The number of hydrogen-bond donors (Lipinski definition) is 3. The Labute approximate surface area is 161 Å². The van der Waals surface area contributed by atoms with E-state index in [2.05, 4.69) is 10.6 Å². The molecule has 6 rings (SSSR count). The lowest BCUT2D eigenvalue weighted by Gasteiger charge is -2.46. The summed E-state index contributed by atoms with van der Waals surface area (Å²) in [6.07, 6.45) is 4.17. The van der Waals surface area contributed by atoms with Gasteiger partial charge in [-0.05, 0) is 43.7 Å². The number of hydrogen-bond acceptors (Lipinski definition) is 6. The number of rotatable bonds is 4. The third-order valence-corrected chi connectivity index (χ3v) is 6.69. The first-order valence-electron chi connectivity index (χ1n) is 9.68. The van der Waals surface area contributed by atoms with Gasteiger partial charge in [-0.25, -0.2) is 0 Å². The molecular formula is C20H22N4O4. The molecule has 8 nitrogen and oxygen atoms in total. The minimum atomic E-state index is -0.941. The van der Waals surface area contributed by atoms with Crippen LogP contribution >= 0.6 is 0 Å². The highest BCUT2D eigenvalue weighted by Gasteiger charge is 2.58. The summed E-state index contributed by atoms with van der Waals surface area (Å²) in [6, 6.07) is 4.27. The number of amides is 4. The number of carbonyl (C=O) groups is 4. The first-order chi connectivity index (χ1) is 13.3. The summed E-state index contributed by atoms with van der Waals surface area (Å²) in [5, 5.41) is 5.77. The predicted molar refractivity (Wildman–Crippen MR) is 98.1 cm³/mol. The largest absolute Gasteiger partial charge is 0.325 e. The van der Waals surface area contributed by atoms with Gasteiger partial charge in [0, 0.05) is 24.0 Å². The molecule has 1 unspecified atom stereocenters. The average Bonchev–Trinajstić information content (AvgIpc) is 3.22. The van der Waals surface area contributed by atoms with Crippen LogP contribution < -0.4 is 16.4 Å². The van der Waals surface area contributed by atoms with Crippen LogP contribution in [0.3, 0.4) is 0 Å². The van der Waals surface area contributed by atoms with Gasteiger partial charge in [0.05, 0.1) is 11.1 Å². The number of benzene rings is 1. The number of imide groups is 2. The molecule has 1 saturated heterocycles. The van der Waals surface area contributed by atoms with Gasteiger partial charge in [0.25, 0.3) is 11.8 Å². The molecule has 0 spiro atoms. The Balaban J connectivity index is 1.39. The molecule has 146 valence electrons. The van der Waals surface area contributed by atoms with Gasteiger partial charge in [-0.1, -0.05) is 12.1 Å². The fourth-order valence-corrected chi connectivity index (χ4v) is 5.37. The van der Waals surface area contributed by atoms with E-state index in [1.54, 1.807) is 12.1 Å². The lowest BCUT2D eigenvalue weighted by atomic mass is 9.72. The summed E-state index contributed by atoms with van der Waals surface area (Å²) in [6.45, 7) is 0.474. The maximum Gasteiger partial charge on any atom is 0.262 e. The number of fused-ring (bicyclic) bond motifs is 2. The van der Waals surface area contributed by atoms with Gasteiger partial charge in [-0.2, -0.15) is 0 Å². The summed E-state index contributed by atoms with van der Waals surface area (Å²) in [5.41, 5.74) is 7.67. The molecule has 1 atom stereocenters. The van der Waals surface area contributed by atoms with E-state index in [0.29, 0.717) is 17.7 Å². The molecule has 4 fully saturated rings. The van der Waals surface area contributed by atoms with Crippen LogP contribution in [0.2, 0.25) is 0 Å². The van der Waals surface area contributed by atoms with Crippen molar-refractivity contribution in [2.45, 2.75) is 62.2 Å². The van der Waals surface area contributed by atoms with E-state index in [0.717, 1.165) is 36.1 Å². The van der Waals surface area contributed by atoms with Gasteiger partial charge in [-0.3, -0.25) is 29.4 Å². The van der Waals surface area contributed by atoms with Crippen molar-refractivity contribution in [2.24, 2.45) is 5.73 Å². The maximum absolute atomic E-state index is 13.1. The highest BCUT2D eigenvalue weighted by atomic mass is 16.2.